The molecule has 4 aliphatic rings. The van der Waals surface area contributed by atoms with E-state index in [0.29, 0.717) is 22.6 Å². The molecule has 7 rings (SSSR count). The number of fused-ring (bicyclic) bond motifs is 4. The zero-order valence-corrected chi connectivity index (χ0v) is 27.7. The summed E-state index contributed by atoms with van der Waals surface area (Å²) in [4.78, 5) is 58.1. The summed E-state index contributed by atoms with van der Waals surface area (Å²) in [5, 5.41) is 10.9. The SMILES string of the molecule is COc1cccc(O)c1[C@H]1C2=CC[C@@H]3C(=O)N(c4cc(C(F)(F)F)cc(C(F)(F)F)c4)C(=O)[C@@H]3[C@@H]2C[C@H]2C(=O)N(c3ccc(F)c(Cl)c3)C(=O)[C@@]12C. The smallest absolute Gasteiger partial charge is 0.416 e. The first-order chi connectivity index (χ1) is 24.3. The minimum Gasteiger partial charge on any atom is -0.508 e. The second kappa shape index (κ2) is 11.8. The molecule has 2 aliphatic heterocycles. The molecule has 272 valence electrons. The molecular formula is C36H26ClF7N2O6. The quantitative estimate of drug-likeness (QED) is 0.167. The van der Waals surface area contributed by atoms with Gasteiger partial charge in [0, 0.05) is 11.5 Å². The number of amides is 4. The molecule has 0 radical (unpaired) electrons. The summed E-state index contributed by atoms with van der Waals surface area (Å²) in [6, 6.07) is 8.01. The van der Waals surface area contributed by atoms with E-state index < -0.39 is 93.6 Å². The van der Waals surface area contributed by atoms with Crippen LogP contribution in [-0.2, 0) is 31.5 Å². The first kappa shape index (κ1) is 35.5. The maximum Gasteiger partial charge on any atom is 0.416 e. The van der Waals surface area contributed by atoms with Crippen molar-refractivity contribution in [1.82, 2.24) is 0 Å². The molecule has 2 heterocycles. The number of phenols is 1. The number of anilines is 2. The lowest BCUT2D eigenvalue weighted by atomic mass is 9.51. The monoisotopic (exact) mass is 750 g/mol. The molecule has 0 bridgehead atoms. The lowest BCUT2D eigenvalue weighted by molar-refractivity contribution is -0.143. The van der Waals surface area contributed by atoms with Gasteiger partial charge in [0.25, 0.3) is 0 Å². The number of hydrogen-bond donors (Lipinski definition) is 1. The van der Waals surface area contributed by atoms with Gasteiger partial charge >= 0.3 is 12.4 Å². The van der Waals surface area contributed by atoms with E-state index in [0.717, 1.165) is 17.0 Å². The molecule has 1 saturated carbocycles. The highest BCUT2D eigenvalue weighted by Crippen LogP contribution is 2.65. The van der Waals surface area contributed by atoms with Gasteiger partial charge in [0.15, 0.2) is 0 Å². The molecule has 3 fully saturated rings. The first-order valence-electron chi connectivity index (χ1n) is 15.9. The van der Waals surface area contributed by atoms with Crippen LogP contribution in [0.15, 0.2) is 66.2 Å². The molecular weight excluding hydrogens is 725 g/mol. The van der Waals surface area contributed by atoms with E-state index in [9.17, 15) is 55.0 Å². The molecule has 3 aromatic carbocycles. The van der Waals surface area contributed by atoms with E-state index in [4.69, 9.17) is 16.3 Å². The predicted octanol–water partition coefficient (Wildman–Crippen LogP) is 7.67. The third-order valence-electron chi connectivity index (χ3n) is 10.8. The predicted molar refractivity (Wildman–Crippen MR) is 170 cm³/mol. The number of nitrogens with zero attached hydrogens (tertiary/aromatic N) is 2. The van der Waals surface area contributed by atoms with Crippen LogP contribution in [0, 0.1) is 34.9 Å². The topological polar surface area (TPSA) is 104 Å². The van der Waals surface area contributed by atoms with Crippen molar-refractivity contribution in [3.05, 3.63) is 93.8 Å². The van der Waals surface area contributed by atoms with Gasteiger partial charge in [-0.1, -0.05) is 29.3 Å². The number of halogens is 8. The molecule has 0 aromatic heterocycles. The lowest BCUT2D eigenvalue weighted by Crippen LogP contribution is -2.49. The fourth-order valence-corrected chi connectivity index (χ4v) is 8.69. The van der Waals surface area contributed by atoms with Crippen LogP contribution in [0.5, 0.6) is 11.5 Å². The van der Waals surface area contributed by atoms with Crippen molar-refractivity contribution >= 4 is 46.6 Å². The highest BCUT2D eigenvalue weighted by molar-refractivity contribution is 6.32. The normalized spacial score (nSPS) is 27.4. The maximum atomic E-state index is 14.6. The van der Waals surface area contributed by atoms with E-state index in [1.54, 1.807) is 6.08 Å². The van der Waals surface area contributed by atoms with Gasteiger partial charge in [0.2, 0.25) is 23.6 Å². The fraction of sp³-hybridized carbons (Fsp3) is 0.333. The standard InChI is InChI=1S/C36H26ClF7N2O6/c1-34-22(31(49)46(33(34)51)17-6-9-24(38)23(37)13-17)14-21-19(29(34)28-25(47)4-3-5-26(28)52-2)7-8-20-27(21)32(50)45(30(20)48)18-11-15(35(39,40)41)10-16(12-18)36(42,43)44/h3-7,9-13,20-22,27,29,47H,8,14H2,1-2H3/t20-,21+,22-,27-,29+,34+/m0/s1. The van der Waals surface area contributed by atoms with E-state index in [1.807, 2.05) is 0 Å². The molecule has 52 heavy (non-hydrogen) atoms. The number of benzene rings is 3. The largest absolute Gasteiger partial charge is 0.508 e. The Bertz CT molecular complexity index is 2080. The number of carbonyl (C=O) groups is 4. The second-order valence-corrected chi connectivity index (χ2v) is 13.8. The summed E-state index contributed by atoms with van der Waals surface area (Å²) < 4.78 is 102. The van der Waals surface area contributed by atoms with Gasteiger partial charge in [-0.25, -0.2) is 14.2 Å². The number of carbonyl (C=O) groups excluding carboxylic acids is 4. The summed E-state index contributed by atoms with van der Waals surface area (Å²) in [5.74, 6) is -10.8. The lowest BCUT2D eigenvalue weighted by Gasteiger charge is -2.49. The van der Waals surface area contributed by atoms with Crippen LogP contribution in [0.4, 0.5) is 42.1 Å². The van der Waals surface area contributed by atoms with Crippen LogP contribution >= 0.6 is 11.6 Å². The van der Waals surface area contributed by atoms with Gasteiger partial charge in [-0.3, -0.25) is 19.2 Å². The molecule has 6 atom stereocenters. The molecule has 2 aliphatic carbocycles. The van der Waals surface area contributed by atoms with Gasteiger partial charge in [-0.2, -0.15) is 26.3 Å². The number of rotatable bonds is 4. The van der Waals surface area contributed by atoms with E-state index in [-0.39, 0.29) is 46.7 Å². The zero-order chi connectivity index (χ0) is 37.8. The summed E-state index contributed by atoms with van der Waals surface area (Å²) >= 11 is 6.00. The number of phenolic OH excluding ortho intramolecular Hbond substituents is 1. The van der Waals surface area contributed by atoms with Crippen LogP contribution < -0.4 is 14.5 Å². The number of allylic oxidation sites excluding steroid dienone is 2. The van der Waals surface area contributed by atoms with Crippen LogP contribution in [0.3, 0.4) is 0 Å². The van der Waals surface area contributed by atoms with Crippen LogP contribution in [0.2, 0.25) is 5.02 Å². The number of alkyl halides is 6. The second-order valence-electron chi connectivity index (χ2n) is 13.4. The van der Waals surface area contributed by atoms with Crippen molar-refractivity contribution in [2.75, 3.05) is 16.9 Å². The van der Waals surface area contributed by atoms with Crippen molar-refractivity contribution in [3.8, 4) is 11.5 Å². The minimum absolute atomic E-state index is 0.0573. The Morgan fingerprint density at radius 3 is 2.10 bits per heavy atom. The van der Waals surface area contributed by atoms with Gasteiger partial charge < -0.3 is 9.84 Å². The molecule has 8 nitrogen and oxygen atoms in total. The molecule has 3 aromatic rings. The van der Waals surface area contributed by atoms with Crippen molar-refractivity contribution in [1.29, 1.82) is 0 Å². The van der Waals surface area contributed by atoms with Crippen LogP contribution in [-0.4, -0.2) is 35.8 Å². The Morgan fingerprint density at radius 1 is 0.846 bits per heavy atom. The molecule has 16 heteroatoms. The molecule has 0 unspecified atom stereocenters. The molecule has 0 spiro atoms. The van der Waals surface area contributed by atoms with Crippen molar-refractivity contribution in [3.63, 3.8) is 0 Å². The average Bonchev–Trinajstić information content (AvgIpc) is 3.44. The maximum absolute atomic E-state index is 14.6. The van der Waals surface area contributed by atoms with Gasteiger partial charge in [-0.05, 0) is 74.2 Å². The van der Waals surface area contributed by atoms with Gasteiger partial charge in [-0.15, -0.1) is 0 Å². The first-order valence-corrected chi connectivity index (χ1v) is 16.2. The zero-order valence-electron chi connectivity index (χ0n) is 27.0. The number of aromatic hydroxyl groups is 1. The molecule has 4 amide bonds. The number of hydrogen-bond acceptors (Lipinski definition) is 6. The van der Waals surface area contributed by atoms with Crippen molar-refractivity contribution in [2.45, 2.75) is 38.0 Å². The summed E-state index contributed by atoms with van der Waals surface area (Å²) in [5.41, 5.74) is -5.67. The van der Waals surface area contributed by atoms with E-state index in [1.165, 1.54) is 38.3 Å². The Hall–Kier alpha value is -4.92. The average molecular weight is 751 g/mol. The minimum atomic E-state index is -5.25. The summed E-state index contributed by atoms with van der Waals surface area (Å²) in [6.45, 7) is 1.50. The Labute approximate surface area is 295 Å². The van der Waals surface area contributed by atoms with Gasteiger partial charge in [0.1, 0.15) is 17.3 Å². The molecule has 2 saturated heterocycles. The van der Waals surface area contributed by atoms with Crippen molar-refractivity contribution < 1.29 is 59.8 Å². The van der Waals surface area contributed by atoms with Crippen molar-refractivity contribution in [2.24, 2.45) is 29.1 Å². The van der Waals surface area contributed by atoms with E-state index in [2.05, 4.69) is 0 Å². The Balaban J connectivity index is 1.38. The number of imide groups is 2. The van der Waals surface area contributed by atoms with Gasteiger partial charge in [0.05, 0.1) is 57.8 Å². The van der Waals surface area contributed by atoms with E-state index >= 15 is 0 Å². The third-order valence-corrected chi connectivity index (χ3v) is 11.1. The summed E-state index contributed by atoms with van der Waals surface area (Å²) in [7, 11) is 1.30. The van der Waals surface area contributed by atoms with Crippen LogP contribution in [0.25, 0.3) is 0 Å². The number of methoxy groups -OCH3 is 1. The Kier molecular flexibility index (Phi) is 8.05. The third kappa shape index (κ3) is 5.10. The molecule has 1 N–H and O–H groups in total. The highest BCUT2D eigenvalue weighted by atomic mass is 35.5. The van der Waals surface area contributed by atoms with Crippen LogP contribution in [0.1, 0.15) is 42.4 Å². The fourth-order valence-electron chi connectivity index (χ4n) is 8.52. The number of ether oxygens (including phenoxy) is 1. The highest BCUT2D eigenvalue weighted by Gasteiger charge is 2.68. The summed E-state index contributed by atoms with van der Waals surface area (Å²) in [6.07, 6.45) is -9.38. The Morgan fingerprint density at radius 2 is 1.50 bits per heavy atom.